The highest BCUT2D eigenvalue weighted by Crippen LogP contribution is 2.44. The molecule has 3 aliphatic rings. The predicted octanol–water partition coefficient (Wildman–Crippen LogP) is 0.305. The normalized spacial score (nSPS) is 24.6. The van der Waals surface area contributed by atoms with Gasteiger partial charge in [0.25, 0.3) is 0 Å². The molecule has 0 radical (unpaired) electrons. The van der Waals surface area contributed by atoms with Crippen molar-refractivity contribution in [2.24, 2.45) is 11.8 Å². The first-order chi connectivity index (χ1) is 10.4. The van der Waals surface area contributed by atoms with Crippen LogP contribution in [0, 0.1) is 11.8 Å². The van der Waals surface area contributed by atoms with Crippen molar-refractivity contribution in [2.75, 3.05) is 25.9 Å². The Morgan fingerprint density at radius 1 is 1.09 bits per heavy atom. The van der Waals surface area contributed by atoms with Gasteiger partial charge in [0, 0.05) is 25.2 Å². The highest BCUT2D eigenvalue weighted by atomic mass is 32.2. The number of amides is 1. The molecule has 7 heteroatoms. The molecule has 2 saturated carbocycles. The largest absolute Gasteiger partial charge is 0.352 e. The number of piperidine rings is 1. The van der Waals surface area contributed by atoms with E-state index < -0.39 is 10.0 Å². The van der Waals surface area contributed by atoms with E-state index in [2.05, 4.69) is 14.9 Å². The van der Waals surface area contributed by atoms with Gasteiger partial charge in [0.1, 0.15) is 0 Å². The topological polar surface area (TPSA) is 78.5 Å². The Labute approximate surface area is 133 Å². The Bertz CT molecular complexity index is 494. The summed E-state index contributed by atoms with van der Waals surface area (Å²) < 4.78 is 25.1. The van der Waals surface area contributed by atoms with Gasteiger partial charge in [0.05, 0.1) is 12.8 Å². The molecular formula is C15H27N3O3S. The van der Waals surface area contributed by atoms with E-state index in [4.69, 9.17) is 0 Å². The Hall–Kier alpha value is -0.660. The average Bonchev–Trinajstić information content (AvgIpc) is 3.29. The molecule has 1 aliphatic heterocycles. The van der Waals surface area contributed by atoms with Crippen LogP contribution in [0.25, 0.3) is 0 Å². The molecule has 6 nitrogen and oxygen atoms in total. The zero-order valence-corrected chi connectivity index (χ0v) is 14.1. The van der Waals surface area contributed by atoms with E-state index >= 15 is 0 Å². The van der Waals surface area contributed by atoms with Crippen LogP contribution in [0.5, 0.6) is 0 Å². The van der Waals surface area contributed by atoms with Crippen molar-refractivity contribution in [1.29, 1.82) is 0 Å². The summed E-state index contributed by atoms with van der Waals surface area (Å²) in [5.41, 5.74) is 0. The number of nitrogens with one attached hydrogen (secondary N) is 2. The lowest BCUT2D eigenvalue weighted by molar-refractivity contribution is -0.123. The number of likely N-dealkylation sites (tertiary alicyclic amines) is 1. The molecule has 0 atom stereocenters. The van der Waals surface area contributed by atoms with Crippen molar-refractivity contribution in [3.05, 3.63) is 0 Å². The summed E-state index contributed by atoms with van der Waals surface area (Å²) >= 11 is 0. The summed E-state index contributed by atoms with van der Waals surface area (Å²) in [6.07, 6.45) is 7.81. The summed E-state index contributed by atoms with van der Waals surface area (Å²) in [6.45, 7) is 2.00. The Morgan fingerprint density at radius 2 is 1.64 bits per heavy atom. The Morgan fingerprint density at radius 3 is 2.09 bits per heavy atom. The second kappa shape index (κ2) is 6.45. The molecule has 0 bridgehead atoms. The standard InChI is InChI=1S/C15H27N3O3S/c1-22(20,21)17-13-6-8-18(9-7-13)10-14(19)16-15(11-2-3-11)12-4-5-12/h11-13,15,17H,2-10H2,1H3,(H,16,19). The van der Waals surface area contributed by atoms with Crippen LogP contribution in [-0.2, 0) is 14.8 Å². The number of rotatable bonds is 7. The van der Waals surface area contributed by atoms with Crippen LogP contribution < -0.4 is 10.0 Å². The van der Waals surface area contributed by atoms with Gasteiger partial charge in [-0.05, 0) is 50.4 Å². The average molecular weight is 329 g/mol. The smallest absolute Gasteiger partial charge is 0.234 e. The van der Waals surface area contributed by atoms with Crippen molar-refractivity contribution in [3.8, 4) is 0 Å². The lowest BCUT2D eigenvalue weighted by atomic mass is 10.1. The molecule has 22 heavy (non-hydrogen) atoms. The zero-order chi connectivity index (χ0) is 15.7. The van der Waals surface area contributed by atoms with Gasteiger partial charge in [-0.15, -0.1) is 0 Å². The van der Waals surface area contributed by atoms with Crippen molar-refractivity contribution in [1.82, 2.24) is 14.9 Å². The fourth-order valence-electron chi connectivity index (χ4n) is 3.48. The molecule has 2 N–H and O–H groups in total. The quantitative estimate of drug-likeness (QED) is 0.704. The van der Waals surface area contributed by atoms with Crippen LogP contribution >= 0.6 is 0 Å². The van der Waals surface area contributed by atoms with Gasteiger partial charge in [0.15, 0.2) is 0 Å². The minimum Gasteiger partial charge on any atom is -0.352 e. The van der Waals surface area contributed by atoms with Gasteiger partial charge in [-0.25, -0.2) is 13.1 Å². The van der Waals surface area contributed by atoms with Crippen molar-refractivity contribution in [2.45, 2.75) is 50.6 Å². The molecule has 1 saturated heterocycles. The van der Waals surface area contributed by atoms with Crippen LogP contribution in [-0.4, -0.2) is 57.2 Å². The maximum atomic E-state index is 12.2. The first-order valence-electron chi connectivity index (χ1n) is 8.40. The number of carbonyl (C=O) groups is 1. The van der Waals surface area contributed by atoms with Crippen molar-refractivity contribution in [3.63, 3.8) is 0 Å². The lowest BCUT2D eigenvalue weighted by Crippen LogP contribution is -2.49. The summed E-state index contributed by atoms with van der Waals surface area (Å²) in [7, 11) is -3.13. The van der Waals surface area contributed by atoms with E-state index in [1.54, 1.807) is 0 Å². The Kier molecular flexibility index (Phi) is 4.75. The number of nitrogens with zero attached hydrogens (tertiary/aromatic N) is 1. The molecule has 3 fully saturated rings. The minimum absolute atomic E-state index is 0.0139. The molecule has 0 spiro atoms. The molecule has 126 valence electrons. The van der Waals surface area contributed by atoms with Crippen LogP contribution in [0.2, 0.25) is 0 Å². The van der Waals surface area contributed by atoms with E-state index in [9.17, 15) is 13.2 Å². The first-order valence-corrected chi connectivity index (χ1v) is 10.3. The van der Waals surface area contributed by atoms with E-state index in [1.165, 1.54) is 31.9 Å². The van der Waals surface area contributed by atoms with Crippen LogP contribution in [0.15, 0.2) is 0 Å². The second-order valence-electron chi connectivity index (χ2n) is 7.21. The van der Waals surface area contributed by atoms with Gasteiger partial charge in [-0.1, -0.05) is 0 Å². The predicted molar refractivity (Wildman–Crippen MR) is 84.8 cm³/mol. The zero-order valence-electron chi connectivity index (χ0n) is 13.3. The number of carbonyl (C=O) groups excluding carboxylic acids is 1. The molecule has 1 heterocycles. The monoisotopic (exact) mass is 329 g/mol. The van der Waals surface area contributed by atoms with Crippen LogP contribution in [0.4, 0.5) is 0 Å². The summed E-state index contributed by atoms with van der Waals surface area (Å²) in [6, 6.07) is 0.428. The fourth-order valence-corrected chi connectivity index (χ4v) is 4.32. The van der Waals surface area contributed by atoms with Gasteiger partial charge >= 0.3 is 0 Å². The molecule has 2 aliphatic carbocycles. The van der Waals surface area contributed by atoms with Gasteiger partial charge in [-0.3, -0.25) is 9.69 Å². The second-order valence-corrected chi connectivity index (χ2v) is 8.99. The van der Waals surface area contributed by atoms with Gasteiger partial charge in [-0.2, -0.15) is 0 Å². The van der Waals surface area contributed by atoms with Crippen LogP contribution in [0.1, 0.15) is 38.5 Å². The SMILES string of the molecule is CS(=O)(=O)NC1CCN(CC(=O)NC(C2CC2)C2CC2)CC1. The van der Waals surface area contributed by atoms with Crippen molar-refractivity contribution < 1.29 is 13.2 Å². The Balaban J connectivity index is 1.39. The van der Waals surface area contributed by atoms with E-state index in [0.717, 1.165) is 37.8 Å². The molecule has 1 amide bonds. The fraction of sp³-hybridized carbons (Fsp3) is 0.933. The molecule has 0 aromatic rings. The molecule has 0 aromatic heterocycles. The van der Waals surface area contributed by atoms with E-state index in [0.29, 0.717) is 12.6 Å². The highest BCUT2D eigenvalue weighted by molar-refractivity contribution is 7.88. The maximum Gasteiger partial charge on any atom is 0.234 e. The summed E-state index contributed by atoms with van der Waals surface area (Å²) in [5.74, 6) is 1.58. The van der Waals surface area contributed by atoms with E-state index in [1.807, 2.05) is 0 Å². The molecule has 3 rings (SSSR count). The number of hydrogen-bond acceptors (Lipinski definition) is 4. The van der Waals surface area contributed by atoms with Gasteiger partial charge < -0.3 is 5.32 Å². The highest BCUT2D eigenvalue weighted by Gasteiger charge is 2.42. The number of hydrogen-bond donors (Lipinski definition) is 2. The summed E-state index contributed by atoms with van der Waals surface area (Å²) in [5, 5.41) is 3.25. The summed E-state index contributed by atoms with van der Waals surface area (Å²) in [4.78, 5) is 14.4. The van der Waals surface area contributed by atoms with Crippen molar-refractivity contribution >= 4 is 15.9 Å². The third-order valence-electron chi connectivity index (χ3n) is 4.92. The lowest BCUT2D eigenvalue weighted by Gasteiger charge is -2.31. The molecule has 0 unspecified atom stereocenters. The maximum absolute atomic E-state index is 12.2. The third kappa shape index (κ3) is 4.93. The minimum atomic E-state index is -3.13. The number of sulfonamides is 1. The molecular weight excluding hydrogens is 302 g/mol. The van der Waals surface area contributed by atoms with E-state index in [-0.39, 0.29) is 11.9 Å². The molecule has 0 aromatic carbocycles. The van der Waals surface area contributed by atoms with Crippen LogP contribution in [0.3, 0.4) is 0 Å². The third-order valence-corrected chi connectivity index (χ3v) is 5.68. The van der Waals surface area contributed by atoms with Gasteiger partial charge in [0.2, 0.25) is 15.9 Å². The first kappa shape index (κ1) is 16.2.